The molecule has 1 aromatic carbocycles. The summed E-state index contributed by atoms with van der Waals surface area (Å²) in [6.07, 6.45) is -0.239. The molecule has 1 fully saturated rings. The molecule has 0 aromatic heterocycles. The molecule has 0 unspecified atom stereocenters. The number of carbonyl (C=O) groups excluding carboxylic acids is 1. The highest BCUT2D eigenvalue weighted by Crippen LogP contribution is 2.16. The van der Waals surface area contributed by atoms with Gasteiger partial charge in [0.15, 0.2) is 5.96 Å². The van der Waals surface area contributed by atoms with Gasteiger partial charge in [-0.05, 0) is 37.1 Å². The highest BCUT2D eigenvalue weighted by Gasteiger charge is 2.23. The second-order valence-corrected chi connectivity index (χ2v) is 5.93. The van der Waals surface area contributed by atoms with E-state index in [1.807, 2.05) is 19.1 Å². The highest BCUT2D eigenvalue weighted by atomic mass is 127. The van der Waals surface area contributed by atoms with E-state index in [1.54, 1.807) is 19.1 Å². The van der Waals surface area contributed by atoms with Crippen molar-refractivity contribution in [2.24, 2.45) is 4.99 Å². The number of aryl methyl sites for hydroxylation is 1. The maximum Gasteiger partial charge on any atom is 0.409 e. The average Bonchev–Trinajstić information content (AvgIpc) is 2.62. The first-order valence-corrected chi connectivity index (χ1v) is 8.59. The molecule has 1 heterocycles. The molecule has 0 aliphatic carbocycles. The molecule has 1 aromatic rings. The number of ether oxygens (including phenoxy) is 2. The van der Waals surface area contributed by atoms with Crippen molar-refractivity contribution in [2.45, 2.75) is 20.4 Å². The molecule has 26 heavy (non-hydrogen) atoms. The summed E-state index contributed by atoms with van der Waals surface area (Å²) in [5.41, 5.74) is 2.30. The Bertz CT molecular complexity index is 616. The zero-order chi connectivity index (χ0) is 18.2. The lowest BCUT2D eigenvalue weighted by atomic mass is 10.1. The van der Waals surface area contributed by atoms with Gasteiger partial charge in [0.25, 0.3) is 0 Å². The molecule has 1 amide bonds. The molecule has 2 rings (SSSR count). The number of hydrogen-bond acceptors (Lipinski definition) is 4. The monoisotopic (exact) mass is 476 g/mol. The molecule has 1 saturated heterocycles. The van der Waals surface area contributed by atoms with Gasteiger partial charge >= 0.3 is 6.09 Å². The summed E-state index contributed by atoms with van der Waals surface area (Å²) in [5, 5.41) is 3.39. The summed E-state index contributed by atoms with van der Waals surface area (Å²) < 4.78 is 10.4. The molecule has 1 aliphatic heterocycles. The number of hydrogen-bond donors (Lipinski definition) is 1. The number of benzene rings is 1. The lowest BCUT2D eigenvalue weighted by Crippen LogP contribution is -2.53. The first-order valence-electron chi connectivity index (χ1n) is 8.59. The molecule has 1 N–H and O–H groups in total. The van der Waals surface area contributed by atoms with Crippen LogP contribution in [-0.4, -0.2) is 68.8 Å². The minimum Gasteiger partial charge on any atom is -0.497 e. The Morgan fingerprint density at radius 2 is 1.85 bits per heavy atom. The minimum absolute atomic E-state index is 0. The number of halogens is 1. The Morgan fingerprint density at radius 3 is 2.42 bits per heavy atom. The number of nitrogens with zero attached hydrogens (tertiary/aromatic N) is 3. The zero-order valence-electron chi connectivity index (χ0n) is 15.9. The van der Waals surface area contributed by atoms with Gasteiger partial charge in [0.2, 0.25) is 0 Å². The zero-order valence-corrected chi connectivity index (χ0v) is 18.3. The predicted molar refractivity (Wildman–Crippen MR) is 114 cm³/mol. The van der Waals surface area contributed by atoms with Crippen molar-refractivity contribution in [1.29, 1.82) is 0 Å². The van der Waals surface area contributed by atoms with Crippen molar-refractivity contribution in [3.05, 3.63) is 29.3 Å². The lowest BCUT2D eigenvalue weighted by molar-refractivity contribution is 0.0914. The molecule has 0 bridgehead atoms. The van der Waals surface area contributed by atoms with Crippen molar-refractivity contribution in [3.8, 4) is 5.75 Å². The van der Waals surface area contributed by atoms with Gasteiger partial charge < -0.3 is 24.6 Å². The number of methoxy groups -OCH3 is 1. The highest BCUT2D eigenvalue weighted by molar-refractivity contribution is 14.0. The van der Waals surface area contributed by atoms with Gasteiger partial charge in [-0.3, -0.25) is 4.99 Å². The van der Waals surface area contributed by atoms with Crippen molar-refractivity contribution < 1.29 is 14.3 Å². The normalized spacial score (nSPS) is 14.5. The van der Waals surface area contributed by atoms with Crippen LogP contribution in [0, 0.1) is 6.92 Å². The maximum atomic E-state index is 11.8. The third-order valence-electron chi connectivity index (χ3n) is 4.11. The number of aliphatic imine (C=N–C) groups is 1. The average molecular weight is 476 g/mol. The standard InChI is InChI=1S/C18H28N4O3.HI/c1-5-25-18(23)22-8-6-21(7-9-22)17(19-3)20-13-15-10-14(2)11-16(12-15)24-4;/h10-12H,5-9,13H2,1-4H3,(H,19,20);1H. The van der Waals surface area contributed by atoms with E-state index in [4.69, 9.17) is 9.47 Å². The Hall–Kier alpha value is -1.71. The minimum atomic E-state index is -0.239. The summed E-state index contributed by atoms with van der Waals surface area (Å²) in [4.78, 5) is 20.0. The topological polar surface area (TPSA) is 66.4 Å². The summed E-state index contributed by atoms with van der Waals surface area (Å²) in [5.74, 6) is 1.69. The summed E-state index contributed by atoms with van der Waals surface area (Å²) in [6.45, 7) is 7.68. The number of amides is 1. The molecule has 146 valence electrons. The Labute approximate surface area is 172 Å². The number of rotatable bonds is 4. The molecule has 7 nitrogen and oxygen atoms in total. The SMILES string of the molecule is CCOC(=O)N1CCN(C(=NC)NCc2cc(C)cc(OC)c2)CC1.I. The quantitative estimate of drug-likeness (QED) is 0.411. The van der Waals surface area contributed by atoms with Crippen molar-refractivity contribution in [2.75, 3.05) is 46.9 Å². The second-order valence-electron chi connectivity index (χ2n) is 5.93. The van der Waals surface area contributed by atoms with Crippen LogP contribution in [0.4, 0.5) is 4.79 Å². The number of piperazine rings is 1. The lowest BCUT2D eigenvalue weighted by Gasteiger charge is -2.35. The van der Waals surface area contributed by atoms with Gasteiger partial charge in [0.1, 0.15) is 5.75 Å². The van der Waals surface area contributed by atoms with Crippen LogP contribution in [0.5, 0.6) is 5.75 Å². The molecule has 1 aliphatic rings. The maximum absolute atomic E-state index is 11.8. The van der Waals surface area contributed by atoms with Gasteiger partial charge in [0.05, 0.1) is 13.7 Å². The van der Waals surface area contributed by atoms with Gasteiger partial charge in [-0.1, -0.05) is 6.07 Å². The van der Waals surface area contributed by atoms with Crippen LogP contribution in [0.2, 0.25) is 0 Å². The van der Waals surface area contributed by atoms with Crippen LogP contribution in [0.15, 0.2) is 23.2 Å². The van der Waals surface area contributed by atoms with Crippen molar-refractivity contribution in [3.63, 3.8) is 0 Å². The fourth-order valence-corrected chi connectivity index (χ4v) is 2.87. The van der Waals surface area contributed by atoms with Crippen LogP contribution in [-0.2, 0) is 11.3 Å². The van der Waals surface area contributed by atoms with Gasteiger partial charge in [-0.2, -0.15) is 0 Å². The van der Waals surface area contributed by atoms with Crippen LogP contribution in [0.3, 0.4) is 0 Å². The van der Waals surface area contributed by atoms with E-state index in [-0.39, 0.29) is 30.1 Å². The molecule has 0 radical (unpaired) electrons. The van der Waals surface area contributed by atoms with E-state index < -0.39 is 0 Å². The van der Waals surface area contributed by atoms with Crippen molar-refractivity contribution in [1.82, 2.24) is 15.1 Å². The Kier molecular flexibility index (Phi) is 9.53. The van der Waals surface area contributed by atoms with E-state index in [2.05, 4.69) is 28.2 Å². The number of carbonyl (C=O) groups is 1. The fourth-order valence-electron chi connectivity index (χ4n) is 2.87. The molecular formula is C18H29IN4O3. The van der Waals surface area contributed by atoms with Crippen LogP contribution in [0.1, 0.15) is 18.1 Å². The van der Waals surface area contributed by atoms with E-state index in [0.29, 0.717) is 26.2 Å². The van der Waals surface area contributed by atoms with Crippen LogP contribution < -0.4 is 10.1 Å². The summed E-state index contributed by atoms with van der Waals surface area (Å²) in [6, 6.07) is 6.15. The number of guanidine groups is 1. The molecule has 0 saturated carbocycles. The smallest absolute Gasteiger partial charge is 0.409 e. The van der Waals surface area contributed by atoms with E-state index in [1.165, 1.54) is 0 Å². The fraction of sp³-hybridized carbons (Fsp3) is 0.556. The Balaban J connectivity index is 0.00000338. The third-order valence-corrected chi connectivity index (χ3v) is 4.11. The van der Waals surface area contributed by atoms with Gasteiger partial charge in [-0.15, -0.1) is 24.0 Å². The molecular weight excluding hydrogens is 447 g/mol. The van der Waals surface area contributed by atoms with Crippen molar-refractivity contribution >= 4 is 36.0 Å². The third kappa shape index (κ3) is 6.22. The van der Waals surface area contributed by atoms with E-state index >= 15 is 0 Å². The van der Waals surface area contributed by atoms with Crippen LogP contribution >= 0.6 is 24.0 Å². The first-order chi connectivity index (χ1) is 12.1. The first kappa shape index (κ1) is 22.3. The predicted octanol–water partition coefficient (Wildman–Crippen LogP) is 2.47. The molecule has 0 spiro atoms. The van der Waals surface area contributed by atoms with Gasteiger partial charge in [0, 0.05) is 39.8 Å². The summed E-state index contributed by atoms with van der Waals surface area (Å²) >= 11 is 0. The van der Waals surface area contributed by atoms with Crippen LogP contribution in [0.25, 0.3) is 0 Å². The molecule has 0 atom stereocenters. The number of nitrogens with one attached hydrogen (secondary N) is 1. The summed E-state index contributed by atoms with van der Waals surface area (Å²) in [7, 11) is 3.45. The largest absolute Gasteiger partial charge is 0.497 e. The van der Waals surface area contributed by atoms with E-state index in [0.717, 1.165) is 35.9 Å². The van der Waals surface area contributed by atoms with E-state index in [9.17, 15) is 4.79 Å². The van der Waals surface area contributed by atoms with Gasteiger partial charge in [-0.25, -0.2) is 4.79 Å². The second kappa shape index (κ2) is 11.1. The Morgan fingerprint density at radius 1 is 1.19 bits per heavy atom. The molecule has 8 heteroatoms.